The van der Waals surface area contributed by atoms with E-state index in [1.54, 1.807) is 18.5 Å². The van der Waals surface area contributed by atoms with Gasteiger partial charge in [0.1, 0.15) is 0 Å². The lowest BCUT2D eigenvalue weighted by Gasteiger charge is -2.27. The first-order valence-corrected chi connectivity index (χ1v) is 6.10. The molecule has 3 nitrogen and oxygen atoms in total. The molecule has 1 heterocycles. The molecule has 3 N–H and O–H groups in total. The highest BCUT2D eigenvalue weighted by atomic mass is 16.3. The van der Waals surface area contributed by atoms with Gasteiger partial charge in [-0.25, -0.2) is 0 Å². The van der Waals surface area contributed by atoms with Crippen molar-refractivity contribution in [3.8, 4) is 0 Å². The molecule has 3 heteroatoms. The Morgan fingerprint density at radius 1 is 1.25 bits per heavy atom. The molecule has 0 atom stereocenters. The van der Waals surface area contributed by atoms with Gasteiger partial charge < -0.3 is 10.8 Å². The number of hydrogen-bond acceptors (Lipinski definition) is 3. The van der Waals surface area contributed by atoms with Crippen LogP contribution in [0.2, 0.25) is 0 Å². The minimum atomic E-state index is -0.562. The van der Waals surface area contributed by atoms with Crippen LogP contribution in [0.15, 0.2) is 18.5 Å². The molecule has 0 spiro atoms. The Labute approximate surface area is 96.7 Å². The molecule has 0 amide bonds. The second kappa shape index (κ2) is 4.83. The fourth-order valence-corrected chi connectivity index (χ4v) is 2.50. The standard InChI is InChI=1S/C13H20N2O/c14-12-5-8-15-10-11(12)9-13(16)6-3-1-2-4-7-13/h5,8,10,16H,1-4,6-7,9H2,(H2,14,15). The molecule has 0 unspecified atom stereocenters. The first-order valence-electron chi connectivity index (χ1n) is 6.10. The summed E-state index contributed by atoms with van der Waals surface area (Å²) in [5, 5.41) is 10.5. The highest BCUT2D eigenvalue weighted by Crippen LogP contribution is 2.31. The SMILES string of the molecule is Nc1ccncc1CC1(O)CCCCCC1. The molecule has 88 valence electrons. The largest absolute Gasteiger partial charge is 0.398 e. The Balaban J connectivity index is 2.10. The maximum atomic E-state index is 10.5. The molecule has 0 aromatic carbocycles. The van der Waals surface area contributed by atoms with Crippen LogP contribution in [0.4, 0.5) is 5.69 Å². The van der Waals surface area contributed by atoms with Crippen LogP contribution in [-0.2, 0) is 6.42 Å². The summed E-state index contributed by atoms with van der Waals surface area (Å²) in [5.74, 6) is 0. The fraction of sp³-hybridized carbons (Fsp3) is 0.615. The molecule has 1 fully saturated rings. The highest BCUT2D eigenvalue weighted by molar-refractivity contribution is 5.45. The van der Waals surface area contributed by atoms with Crippen molar-refractivity contribution in [3.05, 3.63) is 24.0 Å². The molecule has 0 bridgehead atoms. The number of nitrogens with zero attached hydrogens (tertiary/aromatic N) is 1. The van der Waals surface area contributed by atoms with E-state index < -0.39 is 5.60 Å². The van der Waals surface area contributed by atoms with Crippen LogP contribution in [0.25, 0.3) is 0 Å². The van der Waals surface area contributed by atoms with Gasteiger partial charge in [0.25, 0.3) is 0 Å². The maximum absolute atomic E-state index is 10.5. The van der Waals surface area contributed by atoms with E-state index in [-0.39, 0.29) is 0 Å². The van der Waals surface area contributed by atoms with Gasteiger partial charge in [0.05, 0.1) is 5.60 Å². The average molecular weight is 220 g/mol. The Bertz CT molecular complexity index is 344. The monoisotopic (exact) mass is 220 g/mol. The molecule has 0 radical (unpaired) electrons. The molecule has 16 heavy (non-hydrogen) atoms. The third-order valence-electron chi connectivity index (χ3n) is 3.50. The fourth-order valence-electron chi connectivity index (χ4n) is 2.50. The summed E-state index contributed by atoms with van der Waals surface area (Å²) < 4.78 is 0. The van der Waals surface area contributed by atoms with Gasteiger partial charge in [-0.3, -0.25) is 4.98 Å². The van der Waals surface area contributed by atoms with Gasteiger partial charge in [0, 0.05) is 24.5 Å². The van der Waals surface area contributed by atoms with Gasteiger partial charge in [-0.2, -0.15) is 0 Å². The third-order valence-corrected chi connectivity index (χ3v) is 3.50. The minimum absolute atomic E-state index is 0.562. The van der Waals surface area contributed by atoms with Crippen molar-refractivity contribution >= 4 is 5.69 Å². The molecule has 1 aromatic heterocycles. The summed E-state index contributed by atoms with van der Waals surface area (Å²) in [7, 11) is 0. The van der Waals surface area contributed by atoms with Gasteiger partial charge in [-0.05, 0) is 24.5 Å². The van der Waals surface area contributed by atoms with Crippen molar-refractivity contribution in [2.24, 2.45) is 0 Å². The first kappa shape index (κ1) is 11.4. The normalized spacial score (nSPS) is 20.3. The van der Waals surface area contributed by atoms with E-state index in [1.807, 2.05) is 0 Å². The van der Waals surface area contributed by atoms with E-state index >= 15 is 0 Å². The molecule has 1 aliphatic carbocycles. The zero-order valence-electron chi connectivity index (χ0n) is 9.65. The van der Waals surface area contributed by atoms with E-state index in [0.29, 0.717) is 6.42 Å². The molecular formula is C13H20N2O. The van der Waals surface area contributed by atoms with Crippen molar-refractivity contribution < 1.29 is 5.11 Å². The van der Waals surface area contributed by atoms with Crippen molar-refractivity contribution in [2.75, 3.05) is 5.73 Å². The van der Waals surface area contributed by atoms with Gasteiger partial charge in [0.2, 0.25) is 0 Å². The Morgan fingerprint density at radius 2 is 1.94 bits per heavy atom. The highest BCUT2D eigenvalue weighted by Gasteiger charge is 2.28. The Hall–Kier alpha value is -1.09. The lowest BCUT2D eigenvalue weighted by atomic mass is 9.87. The Morgan fingerprint density at radius 3 is 2.56 bits per heavy atom. The summed E-state index contributed by atoms with van der Waals surface area (Å²) in [6.07, 6.45) is 10.6. The number of pyridine rings is 1. The van der Waals surface area contributed by atoms with E-state index in [0.717, 1.165) is 36.9 Å². The average Bonchev–Trinajstić information content (AvgIpc) is 2.47. The van der Waals surface area contributed by atoms with E-state index in [4.69, 9.17) is 5.73 Å². The van der Waals surface area contributed by atoms with Gasteiger partial charge in [-0.1, -0.05) is 25.7 Å². The Kier molecular flexibility index (Phi) is 3.44. The number of aliphatic hydroxyl groups is 1. The number of nitrogen functional groups attached to an aromatic ring is 1. The van der Waals surface area contributed by atoms with Gasteiger partial charge in [-0.15, -0.1) is 0 Å². The number of hydrogen-bond donors (Lipinski definition) is 2. The molecule has 2 rings (SSSR count). The van der Waals surface area contributed by atoms with Crippen LogP contribution in [0.5, 0.6) is 0 Å². The molecule has 0 saturated heterocycles. The van der Waals surface area contributed by atoms with Crippen molar-refractivity contribution in [1.29, 1.82) is 0 Å². The van der Waals surface area contributed by atoms with Crippen LogP contribution in [0, 0.1) is 0 Å². The summed E-state index contributed by atoms with van der Waals surface area (Å²) in [5.41, 5.74) is 7.04. The third kappa shape index (κ3) is 2.73. The van der Waals surface area contributed by atoms with Crippen LogP contribution in [0.3, 0.4) is 0 Å². The lowest BCUT2D eigenvalue weighted by Crippen LogP contribution is -2.31. The van der Waals surface area contributed by atoms with E-state index in [1.165, 1.54) is 12.8 Å². The smallest absolute Gasteiger partial charge is 0.0689 e. The molecular weight excluding hydrogens is 200 g/mol. The predicted molar refractivity (Wildman–Crippen MR) is 65.0 cm³/mol. The van der Waals surface area contributed by atoms with E-state index in [2.05, 4.69) is 4.98 Å². The quantitative estimate of drug-likeness (QED) is 0.752. The second-order valence-corrected chi connectivity index (χ2v) is 4.89. The summed E-state index contributed by atoms with van der Waals surface area (Å²) in [4.78, 5) is 4.07. The number of nitrogens with two attached hydrogens (primary N) is 1. The van der Waals surface area contributed by atoms with E-state index in [9.17, 15) is 5.11 Å². The topological polar surface area (TPSA) is 59.1 Å². The summed E-state index contributed by atoms with van der Waals surface area (Å²) >= 11 is 0. The predicted octanol–water partition coefficient (Wildman–Crippen LogP) is 2.29. The van der Waals surface area contributed by atoms with Gasteiger partial charge >= 0.3 is 0 Å². The lowest BCUT2D eigenvalue weighted by molar-refractivity contribution is 0.0253. The first-order chi connectivity index (χ1) is 7.70. The van der Waals surface area contributed by atoms with Gasteiger partial charge in [0.15, 0.2) is 0 Å². The summed E-state index contributed by atoms with van der Waals surface area (Å²) in [6, 6.07) is 1.80. The van der Waals surface area contributed by atoms with Crippen molar-refractivity contribution in [1.82, 2.24) is 4.98 Å². The van der Waals surface area contributed by atoms with Crippen LogP contribution in [-0.4, -0.2) is 15.7 Å². The zero-order chi connectivity index (χ0) is 11.4. The number of aromatic nitrogens is 1. The van der Waals surface area contributed by atoms with Crippen LogP contribution < -0.4 is 5.73 Å². The second-order valence-electron chi connectivity index (χ2n) is 4.89. The molecule has 0 aliphatic heterocycles. The summed E-state index contributed by atoms with van der Waals surface area (Å²) in [6.45, 7) is 0. The maximum Gasteiger partial charge on any atom is 0.0689 e. The van der Waals surface area contributed by atoms with Crippen LogP contribution in [0.1, 0.15) is 44.1 Å². The molecule has 1 aromatic rings. The molecule has 1 aliphatic rings. The van der Waals surface area contributed by atoms with Crippen molar-refractivity contribution in [3.63, 3.8) is 0 Å². The number of rotatable bonds is 2. The molecule has 1 saturated carbocycles. The zero-order valence-corrected chi connectivity index (χ0v) is 9.65. The van der Waals surface area contributed by atoms with Crippen molar-refractivity contribution in [2.45, 2.75) is 50.5 Å². The van der Waals surface area contributed by atoms with Crippen LogP contribution >= 0.6 is 0 Å². The number of anilines is 1. The minimum Gasteiger partial charge on any atom is -0.398 e.